The molecule has 0 amide bonds. The highest BCUT2D eigenvalue weighted by atomic mass is 19.1. The smallest absolute Gasteiger partial charge is 0.183 e. The predicted octanol–water partition coefficient (Wildman–Crippen LogP) is 1.59. The molecule has 6 heteroatoms. The molecule has 104 valence electrons. The van der Waals surface area contributed by atoms with Crippen LogP contribution in [0.5, 0.6) is 5.75 Å². The number of nitrogens with two attached hydrogens (primary N) is 1. The van der Waals surface area contributed by atoms with E-state index in [4.69, 9.17) is 10.5 Å². The number of hydrogen-bond acceptors (Lipinski definition) is 5. The van der Waals surface area contributed by atoms with E-state index in [-0.39, 0.29) is 11.9 Å². The van der Waals surface area contributed by atoms with Crippen LogP contribution in [0.4, 0.5) is 10.2 Å². The first-order valence-electron chi connectivity index (χ1n) is 6.42. The van der Waals surface area contributed by atoms with Crippen LogP contribution in [-0.4, -0.2) is 29.7 Å². The van der Waals surface area contributed by atoms with Gasteiger partial charge in [-0.15, -0.1) is 0 Å². The summed E-state index contributed by atoms with van der Waals surface area (Å²) in [7, 11) is 1.62. The predicted molar refractivity (Wildman–Crippen MR) is 74.1 cm³/mol. The number of nitrogens with zero attached hydrogens (tertiary/aromatic N) is 2. The zero-order valence-corrected chi connectivity index (χ0v) is 11.1. The minimum Gasteiger partial charge on any atom is -0.488 e. The van der Waals surface area contributed by atoms with E-state index in [0.717, 1.165) is 29.5 Å². The Morgan fingerprint density at radius 2 is 2.35 bits per heavy atom. The number of anilines is 1. The molecule has 0 spiro atoms. The lowest BCUT2D eigenvalue weighted by Crippen LogP contribution is -2.24. The standard InChI is InChI=1S/C14H15FN4O/c1-17-14-11(15)7-18-13(19-14)10-4-2-3-8-5-9(6-16)20-12(8)10/h2-4,7,9H,5-6,16H2,1H3,(H,17,18,19)/t9-/m1/s1. The molecule has 0 saturated carbocycles. The Kier molecular flexibility index (Phi) is 3.23. The second kappa shape index (κ2) is 5.05. The number of aromatic nitrogens is 2. The first-order chi connectivity index (χ1) is 9.72. The second-order valence-corrected chi connectivity index (χ2v) is 4.61. The molecule has 2 aromatic rings. The maximum Gasteiger partial charge on any atom is 0.183 e. The quantitative estimate of drug-likeness (QED) is 0.889. The van der Waals surface area contributed by atoms with Gasteiger partial charge in [-0.2, -0.15) is 0 Å². The number of hydrogen-bond donors (Lipinski definition) is 2. The van der Waals surface area contributed by atoms with Crippen molar-refractivity contribution in [3.63, 3.8) is 0 Å². The van der Waals surface area contributed by atoms with Gasteiger partial charge in [0.25, 0.3) is 0 Å². The maximum atomic E-state index is 13.4. The van der Waals surface area contributed by atoms with E-state index in [1.165, 1.54) is 0 Å². The minimum atomic E-state index is -0.482. The van der Waals surface area contributed by atoms with E-state index in [1.54, 1.807) is 7.05 Å². The van der Waals surface area contributed by atoms with Crippen LogP contribution in [0.3, 0.4) is 0 Å². The second-order valence-electron chi connectivity index (χ2n) is 4.61. The van der Waals surface area contributed by atoms with Gasteiger partial charge >= 0.3 is 0 Å². The molecule has 1 aliphatic rings. The first kappa shape index (κ1) is 12.8. The van der Waals surface area contributed by atoms with Crippen LogP contribution in [0.1, 0.15) is 5.56 Å². The van der Waals surface area contributed by atoms with Crippen LogP contribution in [-0.2, 0) is 6.42 Å². The Morgan fingerprint density at radius 3 is 3.10 bits per heavy atom. The van der Waals surface area contributed by atoms with Crippen molar-refractivity contribution in [1.29, 1.82) is 0 Å². The van der Waals surface area contributed by atoms with E-state index < -0.39 is 5.82 Å². The van der Waals surface area contributed by atoms with Gasteiger partial charge in [-0.1, -0.05) is 12.1 Å². The Morgan fingerprint density at radius 1 is 1.50 bits per heavy atom. The van der Waals surface area contributed by atoms with Crippen molar-refractivity contribution in [3.8, 4) is 17.1 Å². The van der Waals surface area contributed by atoms with Crippen molar-refractivity contribution in [2.24, 2.45) is 5.73 Å². The molecule has 0 unspecified atom stereocenters. The van der Waals surface area contributed by atoms with Gasteiger partial charge in [0.15, 0.2) is 17.5 Å². The zero-order valence-electron chi connectivity index (χ0n) is 11.1. The van der Waals surface area contributed by atoms with E-state index in [9.17, 15) is 4.39 Å². The molecule has 2 heterocycles. The van der Waals surface area contributed by atoms with Crippen molar-refractivity contribution in [1.82, 2.24) is 9.97 Å². The summed E-state index contributed by atoms with van der Waals surface area (Å²) >= 11 is 0. The molecule has 1 aromatic heterocycles. The van der Waals surface area contributed by atoms with Crippen LogP contribution < -0.4 is 15.8 Å². The van der Waals surface area contributed by atoms with E-state index >= 15 is 0 Å². The Bertz CT molecular complexity index is 647. The molecule has 5 nitrogen and oxygen atoms in total. The van der Waals surface area contributed by atoms with Gasteiger partial charge in [0.05, 0.1) is 11.8 Å². The van der Waals surface area contributed by atoms with Crippen molar-refractivity contribution >= 4 is 5.82 Å². The molecule has 0 bridgehead atoms. The largest absolute Gasteiger partial charge is 0.488 e. The summed E-state index contributed by atoms with van der Waals surface area (Å²) in [5.41, 5.74) is 7.49. The van der Waals surface area contributed by atoms with Crippen LogP contribution in [0.2, 0.25) is 0 Å². The van der Waals surface area contributed by atoms with Crippen LogP contribution in [0, 0.1) is 5.82 Å². The molecule has 1 aliphatic heterocycles. The summed E-state index contributed by atoms with van der Waals surface area (Å²) in [5.74, 6) is 0.868. The van der Waals surface area contributed by atoms with Gasteiger partial charge in [0.2, 0.25) is 0 Å². The van der Waals surface area contributed by atoms with Gasteiger partial charge in [0, 0.05) is 20.0 Å². The lowest BCUT2D eigenvalue weighted by molar-refractivity contribution is 0.242. The topological polar surface area (TPSA) is 73.1 Å². The number of nitrogens with one attached hydrogen (secondary N) is 1. The molecule has 0 radical (unpaired) electrons. The van der Waals surface area contributed by atoms with Crippen molar-refractivity contribution < 1.29 is 9.13 Å². The highest BCUT2D eigenvalue weighted by molar-refractivity contribution is 5.68. The molecule has 1 atom stereocenters. The van der Waals surface area contributed by atoms with E-state index in [2.05, 4.69) is 15.3 Å². The van der Waals surface area contributed by atoms with Crippen LogP contribution >= 0.6 is 0 Å². The van der Waals surface area contributed by atoms with Gasteiger partial charge in [-0.3, -0.25) is 0 Å². The van der Waals surface area contributed by atoms with Gasteiger partial charge in [-0.05, 0) is 11.6 Å². The lowest BCUT2D eigenvalue weighted by Gasteiger charge is -2.10. The molecule has 0 fully saturated rings. The van der Waals surface area contributed by atoms with Crippen LogP contribution in [0.15, 0.2) is 24.4 Å². The molecule has 1 aromatic carbocycles. The van der Waals surface area contributed by atoms with Gasteiger partial charge in [-0.25, -0.2) is 14.4 Å². The lowest BCUT2D eigenvalue weighted by atomic mass is 10.1. The number of rotatable bonds is 3. The number of benzene rings is 1. The highest BCUT2D eigenvalue weighted by Gasteiger charge is 2.25. The number of ether oxygens (including phenoxy) is 1. The fourth-order valence-electron chi connectivity index (χ4n) is 2.32. The molecular formula is C14H15FN4O. The summed E-state index contributed by atoms with van der Waals surface area (Å²) in [6.07, 6.45) is 1.92. The third kappa shape index (κ3) is 2.08. The van der Waals surface area contributed by atoms with E-state index in [0.29, 0.717) is 12.4 Å². The van der Waals surface area contributed by atoms with E-state index in [1.807, 2.05) is 18.2 Å². The molecule has 20 heavy (non-hydrogen) atoms. The molecular weight excluding hydrogens is 259 g/mol. The maximum absolute atomic E-state index is 13.4. The molecule has 0 aliphatic carbocycles. The van der Waals surface area contributed by atoms with Gasteiger partial charge in [0.1, 0.15) is 11.9 Å². The number of para-hydroxylation sites is 1. The van der Waals surface area contributed by atoms with Gasteiger partial charge < -0.3 is 15.8 Å². The number of fused-ring (bicyclic) bond motifs is 1. The average molecular weight is 274 g/mol. The molecule has 0 saturated heterocycles. The summed E-state index contributed by atoms with van der Waals surface area (Å²) in [6.45, 7) is 0.458. The number of halogens is 1. The fraction of sp³-hybridized carbons (Fsp3) is 0.286. The van der Waals surface area contributed by atoms with Crippen molar-refractivity contribution in [3.05, 3.63) is 35.8 Å². The molecule has 3 rings (SSSR count). The summed E-state index contributed by atoms with van der Waals surface area (Å²) in [4.78, 5) is 8.23. The molecule has 3 N–H and O–H groups in total. The zero-order chi connectivity index (χ0) is 14.1. The average Bonchev–Trinajstić information content (AvgIpc) is 2.91. The normalized spacial score (nSPS) is 16.6. The monoisotopic (exact) mass is 274 g/mol. The van der Waals surface area contributed by atoms with Crippen LogP contribution in [0.25, 0.3) is 11.4 Å². The summed E-state index contributed by atoms with van der Waals surface area (Å²) in [5, 5.41) is 2.71. The Labute approximate surface area is 116 Å². The first-order valence-corrected chi connectivity index (χ1v) is 6.42. The SMILES string of the molecule is CNc1nc(-c2cccc3c2O[C@@H](CN)C3)ncc1F. The Balaban J connectivity index is 2.06. The highest BCUT2D eigenvalue weighted by Crippen LogP contribution is 2.37. The third-order valence-corrected chi connectivity index (χ3v) is 3.31. The minimum absolute atomic E-state index is 0.0182. The fourth-order valence-corrected chi connectivity index (χ4v) is 2.32. The third-order valence-electron chi connectivity index (χ3n) is 3.31. The van der Waals surface area contributed by atoms with Crippen molar-refractivity contribution in [2.45, 2.75) is 12.5 Å². The van der Waals surface area contributed by atoms with Crippen molar-refractivity contribution in [2.75, 3.05) is 18.9 Å². The summed E-state index contributed by atoms with van der Waals surface area (Å²) in [6, 6.07) is 5.78. The Hall–Kier alpha value is -2.21. The summed E-state index contributed by atoms with van der Waals surface area (Å²) < 4.78 is 19.3.